The summed E-state index contributed by atoms with van der Waals surface area (Å²) in [5.74, 6) is 1.76. The number of aromatic nitrogens is 1. The zero-order chi connectivity index (χ0) is 13.1. The zero-order valence-electron chi connectivity index (χ0n) is 10.7. The van der Waals surface area contributed by atoms with Crippen LogP contribution in [0.3, 0.4) is 0 Å². The first-order chi connectivity index (χ1) is 8.69. The molecule has 0 aliphatic rings. The molecule has 0 spiro atoms. The maximum atomic E-state index is 5.54. The van der Waals surface area contributed by atoms with Gasteiger partial charge >= 0.3 is 0 Å². The molecule has 0 fully saturated rings. The Bertz CT molecular complexity index is 549. The van der Waals surface area contributed by atoms with Crippen molar-refractivity contribution in [2.45, 2.75) is 13.3 Å². The molecule has 0 aliphatic carbocycles. The van der Waals surface area contributed by atoms with Gasteiger partial charge in [-0.1, -0.05) is 12.1 Å². The average Bonchev–Trinajstić information content (AvgIpc) is 2.83. The maximum absolute atomic E-state index is 5.54. The van der Waals surface area contributed by atoms with Crippen molar-refractivity contribution in [3.63, 3.8) is 0 Å². The van der Waals surface area contributed by atoms with Crippen LogP contribution in [0.4, 0.5) is 5.88 Å². The van der Waals surface area contributed by atoms with Gasteiger partial charge in [-0.2, -0.15) is 0 Å². The number of aryl methyl sites for hydroxylation is 1. The van der Waals surface area contributed by atoms with Crippen LogP contribution in [0.2, 0.25) is 0 Å². The lowest BCUT2D eigenvalue weighted by Crippen LogP contribution is -1.95. The van der Waals surface area contributed by atoms with Gasteiger partial charge in [0.25, 0.3) is 0 Å². The molecule has 18 heavy (non-hydrogen) atoms. The minimum Gasteiger partial charge on any atom is -0.496 e. The van der Waals surface area contributed by atoms with Crippen molar-refractivity contribution in [2.75, 3.05) is 20.0 Å². The van der Waals surface area contributed by atoms with Crippen molar-refractivity contribution >= 4 is 5.88 Å². The number of anilines is 1. The SMILES string of the molecule is CCc1cc(-c2cc(N)on2)c(OC)cc1OC. The van der Waals surface area contributed by atoms with Crippen molar-refractivity contribution in [1.29, 1.82) is 0 Å². The number of nitrogens with two attached hydrogens (primary N) is 1. The van der Waals surface area contributed by atoms with Crippen LogP contribution < -0.4 is 15.2 Å². The van der Waals surface area contributed by atoms with Crippen molar-refractivity contribution < 1.29 is 14.0 Å². The molecule has 2 rings (SSSR count). The fourth-order valence-electron chi connectivity index (χ4n) is 1.86. The summed E-state index contributed by atoms with van der Waals surface area (Å²) in [6.45, 7) is 2.06. The van der Waals surface area contributed by atoms with E-state index in [1.807, 2.05) is 12.1 Å². The molecule has 96 valence electrons. The van der Waals surface area contributed by atoms with E-state index >= 15 is 0 Å². The van der Waals surface area contributed by atoms with Crippen molar-refractivity contribution in [1.82, 2.24) is 5.16 Å². The number of benzene rings is 1. The van der Waals surface area contributed by atoms with E-state index in [9.17, 15) is 0 Å². The molecule has 0 aliphatic heterocycles. The lowest BCUT2D eigenvalue weighted by molar-refractivity contribution is 0.391. The third kappa shape index (κ3) is 2.11. The number of rotatable bonds is 4. The van der Waals surface area contributed by atoms with Crippen molar-refractivity contribution in [3.8, 4) is 22.8 Å². The Hall–Kier alpha value is -2.17. The molecule has 0 unspecified atom stereocenters. The summed E-state index contributed by atoms with van der Waals surface area (Å²) < 4.78 is 15.6. The summed E-state index contributed by atoms with van der Waals surface area (Å²) in [6.07, 6.45) is 0.855. The Morgan fingerprint density at radius 2 is 1.89 bits per heavy atom. The van der Waals surface area contributed by atoms with Gasteiger partial charge in [0.1, 0.15) is 17.2 Å². The first-order valence-corrected chi connectivity index (χ1v) is 5.67. The second-order valence-electron chi connectivity index (χ2n) is 3.83. The number of hydrogen-bond donors (Lipinski definition) is 1. The number of ether oxygens (including phenoxy) is 2. The summed E-state index contributed by atoms with van der Waals surface area (Å²) in [5.41, 5.74) is 8.12. The summed E-state index contributed by atoms with van der Waals surface area (Å²) in [5, 5.41) is 3.90. The average molecular weight is 248 g/mol. The van der Waals surface area contributed by atoms with Gasteiger partial charge in [-0.3, -0.25) is 0 Å². The summed E-state index contributed by atoms with van der Waals surface area (Å²) in [7, 11) is 3.25. The lowest BCUT2D eigenvalue weighted by Gasteiger charge is -2.12. The topological polar surface area (TPSA) is 70.5 Å². The van der Waals surface area contributed by atoms with E-state index in [1.165, 1.54) is 0 Å². The molecule has 0 amide bonds. The second-order valence-corrected chi connectivity index (χ2v) is 3.83. The molecule has 0 saturated carbocycles. The first-order valence-electron chi connectivity index (χ1n) is 5.67. The molecule has 2 N–H and O–H groups in total. The predicted molar refractivity (Wildman–Crippen MR) is 68.8 cm³/mol. The number of nitrogens with zero attached hydrogens (tertiary/aromatic N) is 1. The molecule has 0 atom stereocenters. The maximum Gasteiger partial charge on any atom is 0.222 e. The van der Waals surface area contributed by atoms with Gasteiger partial charge in [0.05, 0.1) is 14.2 Å². The Balaban J connectivity index is 2.58. The van der Waals surface area contributed by atoms with E-state index in [0.29, 0.717) is 11.4 Å². The largest absolute Gasteiger partial charge is 0.496 e. The molecule has 1 aromatic heterocycles. The fourth-order valence-corrected chi connectivity index (χ4v) is 1.86. The molecule has 1 aromatic carbocycles. The molecule has 5 nitrogen and oxygen atoms in total. The third-order valence-corrected chi connectivity index (χ3v) is 2.79. The van der Waals surface area contributed by atoms with Crippen LogP contribution in [0, 0.1) is 0 Å². The van der Waals surface area contributed by atoms with Gasteiger partial charge in [0.2, 0.25) is 5.88 Å². The zero-order valence-corrected chi connectivity index (χ0v) is 10.7. The van der Waals surface area contributed by atoms with Gasteiger partial charge in [0.15, 0.2) is 0 Å². The van der Waals surface area contributed by atoms with Crippen LogP contribution >= 0.6 is 0 Å². The molecule has 2 aromatic rings. The smallest absolute Gasteiger partial charge is 0.222 e. The molecule has 1 heterocycles. The normalized spacial score (nSPS) is 10.4. The highest BCUT2D eigenvalue weighted by molar-refractivity contribution is 5.71. The highest BCUT2D eigenvalue weighted by atomic mass is 16.5. The highest BCUT2D eigenvalue weighted by Gasteiger charge is 2.14. The third-order valence-electron chi connectivity index (χ3n) is 2.79. The molecular weight excluding hydrogens is 232 g/mol. The Morgan fingerprint density at radius 1 is 1.17 bits per heavy atom. The molecule has 0 saturated heterocycles. The van der Waals surface area contributed by atoms with Crippen LogP contribution in [0.5, 0.6) is 11.5 Å². The highest BCUT2D eigenvalue weighted by Crippen LogP contribution is 2.36. The fraction of sp³-hybridized carbons (Fsp3) is 0.308. The van der Waals surface area contributed by atoms with Crippen molar-refractivity contribution in [3.05, 3.63) is 23.8 Å². The first kappa shape index (κ1) is 12.3. The molecule has 0 radical (unpaired) electrons. The summed E-state index contributed by atoms with van der Waals surface area (Å²) >= 11 is 0. The van der Waals surface area contributed by atoms with E-state index in [2.05, 4.69) is 12.1 Å². The van der Waals surface area contributed by atoms with Gasteiger partial charge in [-0.15, -0.1) is 0 Å². The quantitative estimate of drug-likeness (QED) is 0.900. The molecular formula is C13H16N2O3. The Morgan fingerprint density at radius 3 is 2.39 bits per heavy atom. The number of nitrogen functional groups attached to an aromatic ring is 1. The summed E-state index contributed by atoms with van der Waals surface area (Å²) in [6, 6.07) is 5.50. The lowest BCUT2D eigenvalue weighted by atomic mass is 10.0. The monoisotopic (exact) mass is 248 g/mol. The molecule has 0 bridgehead atoms. The van der Waals surface area contributed by atoms with Gasteiger partial charge < -0.3 is 19.7 Å². The van der Waals surface area contributed by atoms with Crippen LogP contribution in [-0.4, -0.2) is 19.4 Å². The predicted octanol–water partition coefficient (Wildman–Crippen LogP) is 2.50. The minimum atomic E-state index is 0.279. The van der Waals surface area contributed by atoms with Gasteiger partial charge in [-0.05, 0) is 18.1 Å². The van der Waals surface area contributed by atoms with Gasteiger partial charge in [0, 0.05) is 17.7 Å². The summed E-state index contributed by atoms with van der Waals surface area (Å²) in [4.78, 5) is 0. The van der Waals surface area contributed by atoms with E-state index in [4.69, 9.17) is 19.7 Å². The Kier molecular flexibility index (Phi) is 3.41. The minimum absolute atomic E-state index is 0.279. The van der Waals surface area contributed by atoms with E-state index in [1.54, 1.807) is 20.3 Å². The number of hydrogen-bond acceptors (Lipinski definition) is 5. The number of methoxy groups -OCH3 is 2. The Labute approximate surface area is 105 Å². The standard InChI is InChI=1S/C13H16N2O3/c1-4-8-5-9(10-6-13(14)18-15-10)12(17-3)7-11(8)16-2/h5-7H,4,14H2,1-3H3. The van der Waals surface area contributed by atoms with Crippen LogP contribution in [0.25, 0.3) is 11.3 Å². The van der Waals surface area contributed by atoms with E-state index in [-0.39, 0.29) is 5.88 Å². The van der Waals surface area contributed by atoms with Crippen LogP contribution in [-0.2, 0) is 6.42 Å². The van der Waals surface area contributed by atoms with Gasteiger partial charge in [-0.25, -0.2) is 0 Å². The van der Waals surface area contributed by atoms with Crippen molar-refractivity contribution in [2.24, 2.45) is 0 Å². The van der Waals surface area contributed by atoms with E-state index < -0.39 is 0 Å². The van der Waals surface area contributed by atoms with E-state index in [0.717, 1.165) is 23.3 Å². The van der Waals surface area contributed by atoms with Crippen LogP contribution in [0.1, 0.15) is 12.5 Å². The molecule has 5 heteroatoms. The van der Waals surface area contributed by atoms with Crippen LogP contribution in [0.15, 0.2) is 22.7 Å². The second kappa shape index (κ2) is 5.00.